The third-order valence-electron chi connectivity index (χ3n) is 2.19. The van der Waals surface area contributed by atoms with Gasteiger partial charge in [-0.2, -0.15) is 0 Å². The lowest BCUT2D eigenvalue weighted by atomic mass is 10.2. The van der Waals surface area contributed by atoms with Gasteiger partial charge in [0.1, 0.15) is 0 Å². The predicted octanol–water partition coefficient (Wildman–Crippen LogP) is 1.82. The highest BCUT2D eigenvalue weighted by molar-refractivity contribution is 6.82. The molecule has 0 aromatic heterocycles. The maximum Gasteiger partial charge on any atom is 0.0915 e. The number of hydrogen-bond acceptors (Lipinski definition) is 2. The Kier molecular flexibility index (Phi) is 2.80. The molecule has 0 bridgehead atoms. The Morgan fingerprint density at radius 1 is 1.55 bits per heavy atom. The molecular weight excluding hydrogens is 154 g/mol. The second kappa shape index (κ2) is 2.91. The average molecular weight is 171 g/mol. The highest BCUT2D eigenvalue weighted by atomic mass is 28.3. The van der Waals surface area contributed by atoms with E-state index in [1.807, 2.05) is 19.6 Å². The van der Waals surface area contributed by atoms with Crippen molar-refractivity contribution in [1.82, 2.24) is 0 Å². The van der Waals surface area contributed by atoms with Crippen molar-refractivity contribution >= 4 is 13.8 Å². The molecule has 0 saturated heterocycles. The largest absolute Gasteiger partial charge is 0.388 e. The zero-order chi connectivity index (χ0) is 9.28. The summed E-state index contributed by atoms with van der Waals surface area (Å²) in [6, 6.07) is 0. The van der Waals surface area contributed by atoms with Gasteiger partial charge in [0.2, 0.25) is 0 Å². The van der Waals surface area contributed by atoms with Gasteiger partial charge < -0.3 is 10.5 Å². The number of rotatable bonds is 3. The van der Waals surface area contributed by atoms with E-state index in [1.165, 1.54) is 6.08 Å². The van der Waals surface area contributed by atoms with Gasteiger partial charge in [0, 0.05) is 0 Å². The minimum absolute atomic E-state index is 0.233. The van der Waals surface area contributed by atoms with E-state index in [-0.39, 0.29) is 5.71 Å². The van der Waals surface area contributed by atoms with Crippen LogP contribution >= 0.6 is 0 Å². The quantitative estimate of drug-likeness (QED) is 0.494. The van der Waals surface area contributed by atoms with Crippen LogP contribution in [0.4, 0.5) is 0 Å². The van der Waals surface area contributed by atoms with E-state index in [0.717, 1.165) is 0 Å². The Morgan fingerprint density at radius 3 is 2.00 bits per heavy atom. The Hall–Kier alpha value is -0.413. The van der Waals surface area contributed by atoms with Crippen LogP contribution in [0.2, 0.25) is 19.6 Å². The van der Waals surface area contributed by atoms with E-state index >= 15 is 0 Å². The second-order valence-electron chi connectivity index (χ2n) is 3.94. The summed E-state index contributed by atoms with van der Waals surface area (Å²) in [5.41, 5.74) is 0.233. The molecular formula is C8H17NOSi. The van der Waals surface area contributed by atoms with Crippen molar-refractivity contribution in [3.63, 3.8) is 0 Å². The molecule has 11 heavy (non-hydrogen) atoms. The molecule has 0 aliphatic rings. The first-order valence-corrected chi connectivity index (χ1v) is 7.17. The SMILES string of the molecule is C=CC(=N)C(C)(O)[Si](C)(C)C. The molecule has 0 rings (SSSR count). The molecule has 2 N–H and O–H groups in total. The molecule has 3 heteroatoms. The molecule has 0 spiro atoms. The van der Waals surface area contributed by atoms with Crippen molar-refractivity contribution in [2.24, 2.45) is 0 Å². The fraction of sp³-hybridized carbons (Fsp3) is 0.625. The number of aliphatic hydroxyl groups is 1. The van der Waals surface area contributed by atoms with E-state index in [1.54, 1.807) is 6.92 Å². The molecule has 2 nitrogen and oxygen atoms in total. The highest BCUT2D eigenvalue weighted by Gasteiger charge is 2.39. The molecule has 64 valence electrons. The topological polar surface area (TPSA) is 44.1 Å². The Balaban J connectivity index is 4.73. The van der Waals surface area contributed by atoms with Crippen molar-refractivity contribution in [3.8, 4) is 0 Å². The molecule has 0 amide bonds. The first-order valence-electron chi connectivity index (χ1n) is 3.67. The van der Waals surface area contributed by atoms with Crippen LogP contribution in [0.15, 0.2) is 12.7 Å². The van der Waals surface area contributed by atoms with Gasteiger partial charge in [0.15, 0.2) is 0 Å². The first kappa shape index (κ1) is 10.6. The van der Waals surface area contributed by atoms with E-state index in [4.69, 9.17) is 5.41 Å². The summed E-state index contributed by atoms with van der Waals surface area (Å²) < 4.78 is 0. The fourth-order valence-electron chi connectivity index (χ4n) is 0.603. The minimum atomic E-state index is -1.71. The zero-order valence-electron chi connectivity index (χ0n) is 7.73. The number of hydrogen-bond donors (Lipinski definition) is 2. The molecule has 0 aliphatic carbocycles. The van der Waals surface area contributed by atoms with Gasteiger partial charge >= 0.3 is 0 Å². The normalized spacial score (nSPS) is 17.2. The molecule has 0 aromatic carbocycles. The van der Waals surface area contributed by atoms with Crippen LogP contribution in [-0.2, 0) is 0 Å². The molecule has 0 fully saturated rings. The maximum atomic E-state index is 9.89. The molecule has 0 aliphatic heterocycles. The van der Waals surface area contributed by atoms with Gasteiger partial charge in [-0.05, 0) is 13.0 Å². The predicted molar refractivity (Wildman–Crippen MR) is 51.9 cm³/mol. The van der Waals surface area contributed by atoms with Crippen LogP contribution < -0.4 is 0 Å². The summed E-state index contributed by atoms with van der Waals surface area (Å²) >= 11 is 0. The summed E-state index contributed by atoms with van der Waals surface area (Å²) in [6.45, 7) is 11.3. The summed E-state index contributed by atoms with van der Waals surface area (Å²) in [5, 5.41) is 16.4. The molecule has 0 heterocycles. The molecule has 0 radical (unpaired) electrons. The number of nitrogens with one attached hydrogen (secondary N) is 1. The lowest BCUT2D eigenvalue weighted by molar-refractivity contribution is 0.207. The van der Waals surface area contributed by atoms with Crippen molar-refractivity contribution < 1.29 is 5.11 Å². The molecule has 0 aromatic rings. The van der Waals surface area contributed by atoms with Crippen LogP contribution in [0.25, 0.3) is 0 Å². The van der Waals surface area contributed by atoms with Crippen molar-refractivity contribution in [2.75, 3.05) is 0 Å². The minimum Gasteiger partial charge on any atom is -0.388 e. The lowest BCUT2D eigenvalue weighted by Gasteiger charge is -2.34. The van der Waals surface area contributed by atoms with E-state index in [9.17, 15) is 5.11 Å². The summed E-state index contributed by atoms with van der Waals surface area (Å²) in [7, 11) is -1.71. The third-order valence-corrected chi connectivity index (χ3v) is 5.38. The van der Waals surface area contributed by atoms with Crippen LogP contribution in [0.5, 0.6) is 0 Å². The van der Waals surface area contributed by atoms with Crippen LogP contribution in [-0.4, -0.2) is 24.1 Å². The monoisotopic (exact) mass is 171 g/mol. The lowest BCUT2D eigenvalue weighted by Crippen LogP contribution is -2.54. The van der Waals surface area contributed by atoms with Crippen molar-refractivity contribution in [3.05, 3.63) is 12.7 Å². The van der Waals surface area contributed by atoms with E-state index in [2.05, 4.69) is 6.58 Å². The second-order valence-corrected chi connectivity index (χ2v) is 9.41. The van der Waals surface area contributed by atoms with Gasteiger partial charge in [0.25, 0.3) is 0 Å². The summed E-state index contributed by atoms with van der Waals surface area (Å²) in [6.07, 6.45) is 1.41. The molecule has 1 unspecified atom stereocenters. The smallest absolute Gasteiger partial charge is 0.0915 e. The van der Waals surface area contributed by atoms with Crippen molar-refractivity contribution in [2.45, 2.75) is 31.8 Å². The van der Waals surface area contributed by atoms with Crippen LogP contribution in [0, 0.1) is 5.41 Å². The van der Waals surface area contributed by atoms with Gasteiger partial charge in [-0.3, -0.25) is 0 Å². The first-order chi connectivity index (χ1) is 4.73. The van der Waals surface area contributed by atoms with Gasteiger partial charge in [0.05, 0.1) is 19.0 Å². The maximum absolute atomic E-state index is 9.89. The Bertz CT molecular complexity index is 179. The van der Waals surface area contributed by atoms with Gasteiger partial charge in [-0.25, -0.2) is 0 Å². The average Bonchev–Trinajstić information content (AvgIpc) is 1.83. The molecule has 0 saturated carbocycles. The van der Waals surface area contributed by atoms with Gasteiger partial charge in [-0.15, -0.1) is 0 Å². The highest BCUT2D eigenvalue weighted by Crippen LogP contribution is 2.21. The van der Waals surface area contributed by atoms with E-state index < -0.39 is 13.3 Å². The zero-order valence-corrected chi connectivity index (χ0v) is 8.73. The van der Waals surface area contributed by atoms with Gasteiger partial charge in [-0.1, -0.05) is 26.2 Å². The third kappa shape index (κ3) is 2.01. The molecule has 1 atom stereocenters. The fourth-order valence-corrected chi connectivity index (χ4v) is 1.51. The Morgan fingerprint density at radius 2 is 1.91 bits per heavy atom. The van der Waals surface area contributed by atoms with Crippen LogP contribution in [0.3, 0.4) is 0 Å². The standard InChI is InChI=1S/C8H17NOSi/c1-6-7(9)8(2,10)11(3,4)5/h6,9-10H,1H2,2-5H3. The van der Waals surface area contributed by atoms with Crippen molar-refractivity contribution in [1.29, 1.82) is 5.41 Å². The summed E-state index contributed by atoms with van der Waals surface area (Å²) in [4.78, 5) is 0. The summed E-state index contributed by atoms with van der Waals surface area (Å²) in [5.74, 6) is 0. The van der Waals surface area contributed by atoms with E-state index in [0.29, 0.717) is 0 Å². The Labute approximate surface area is 69.5 Å². The van der Waals surface area contributed by atoms with Crippen LogP contribution in [0.1, 0.15) is 6.92 Å².